The molecular formula is C36H47N9O2. The van der Waals surface area contributed by atoms with E-state index in [2.05, 4.69) is 79.2 Å². The third-order valence-electron chi connectivity index (χ3n) is 9.55. The van der Waals surface area contributed by atoms with E-state index in [4.69, 9.17) is 10.7 Å². The average molecular weight is 638 g/mol. The number of hydrogen-bond acceptors (Lipinski definition) is 9. The number of amides is 1. The van der Waals surface area contributed by atoms with Crippen LogP contribution in [0.15, 0.2) is 66.9 Å². The number of Topliss-reactive ketones (excluding diaryl/α,β-unsaturated/α-hetero) is 1. The second-order valence-electron chi connectivity index (χ2n) is 12.7. The van der Waals surface area contributed by atoms with Gasteiger partial charge in [0.05, 0.1) is 0 Å². The Balaban J connectivity index is 0.00000433. The van der Waals surface area contributed by atoms with Crippen molar-refractivity contribution in [2.45, 2.75) is 46.0 Å². The van der Waals surface area contributed by atoms with Gasteiger partial charge in [0.2, 0.25) is 11.7 Å². The number of anilines is 2. The molecule has 1 aliphatic carbocycles. The van der Waals surface area contributed by atoms with Crippen LogP contribution < -0.4 is 16.0 Å². The van der Waals surface area contributed by atoms with Gasteiger partial charge in [0, 0.05) is 67.4 Å². The van der Waals surface area contributed by atoms with Crippen molar-refractivity contribution in [3.63, 3.8) is 0 Å². The van der Waals surface area contributed by atoms with Crippen LogP contribution in [0.3, 0.4) is 0 Å². The number of rotatable bonds is 11. The first kappa shape index (κ1) is 33.9. The first-order valence-corrected chi connectivity index (χ1v) is 16.3. The molecule has 0 bridgehead atoms. The molecule has 2 aromatic carbocycles. The molecule has 47 heavy (non-hydrogen) atoms. The monoisotopic (exact) mass is 637 g/mol. The first-order chi connectivity index (χ1) is 22.4. The number of benzene rings is 2. The van der Waals surface area contributed by atoms with E-state index >= 15 is 0 Å². The lowest BCUT2D eigenvalue weighted by Crippen LogP contribution is -2.44. The molecule has 4 N–H and O–H groups in total. The molecule has 4 aromatic rings. The van der Waals surface area contributed by atoms with Crippen LogP contribution in [0.4, 0.5) is 11.5 Å². The number of nitrogens with two attached hydrogens (primary N) is 1. The van der Waals surface area contributed by atoms with Crippen molar-refractivity contribution in [1.29, 1.82) is 0 Å². The third kappa shape index (κ3) is 8.66. The van der Waals surface area contributed by atoms with Crippen LogP contribution in [0.2, 0.25) is 0 Å². The minimum absolute atomic E-state index is 0. The minimum Gasteiger partial charge on any atom is -0.354 e. The molecule has 1 saturated carbocycles. The number of hydrogen-bond donors (Lipinski definition) is 3. The van der Waals surface area contributed by atoms with Crippen LogP contribution in [0.5, 0.6) is 0 Å². The Bertz CT molecular complexity index is 1560. The molecule has 1 atom stereocenters. The van der Waals surface area contributed by atoms with Gasteiger partial charge < -0.3 is 20.9 Å². The molecule has 2 aliphatic rings. The normalized spacial score (nSPS) is 19.1. The lowest BCUT2D eigenvalue weighted by molar-refractivity contribution is -0.129. The number of carbonyl (C=O) groups excluding carboxylic acids is 2. The molecule has 3 heterocycles. The van der Waals surface area contributed by atoms with Crippen molar-refractivity contribution in [2.75, 3.05) is 50.0 Å². The lowest BCUT2D eigenvalue weighted by Gasteiger charge is -2.33. The van der Waals surface area contributed by atoms with Crippen molar-refractivity contribution >= 4 is 23.2 Å². The highest BCUT2D eigenvalue weighted by Crippen LogP contribution is 2.31. The van der Waals surface area contributed by atoms with Crippen molar-refractivity contribution in [1.82, 2.24) is 30.5 Å². The van der Waals surface area contributed by atoms with Crippen molar-refractivity contribution in [3.8, 4) is 22.5 Å². The van der Waals surface area contributed by atoms with Crippen LogP contribution in [0, 0.1) is 17.8 Å². The summed E-state index contributed by atoms with van der Waals surface area (Å²) in [7, 11) is 2.15. The second-order valence-corrected chi connectivity index (χ2v) is 12.7. The number of tetrazole rings is 1. The van der Waals surface area contributed by atoms with Gasteiger partial charge in [-0.05, 0) is 104 Å². The first-order valence-electron chi connectivity index (χ1n) is 16.3. The van der Waals surface area contributed by atoms with E-state index in [9.17, 15) is 9.59 Å². The van der Waals surface area contributed by atoms with Gasteiger partial charge in [-0.25, -0.2) is 4.98 Å². The number of likely N-dealkylation sites (N-methyl/N-ethyl adjacent to an activating group) is 1. The van der Waals surface area contributed by atoms with Gasteiger partial charge in [0.1, 0.15) is 11.6 Å². The van der Waals surface area contributed by atoms with E-state index in [-0.39, 0.29) is 31.5 Å². The van der Waals surface area contributed by atoms with Crippen LogP contribution >= 0.6 is 0 Å². The third-order valence-corrected chi connectivity index (χ3v) is 9.55. The summed E-state index contributed by atoms with van der Waals surface area (Å²) in [5, 5.41) is 17.1. The molecule has 1 aliphatic heterocycles. The summed E-state index contributed by atoms with van der Waals surface area (Å²) in [4.78, 5) is 36.6. The number of aromatic amines is 1. The topological polar surface area (TPSA) is 146 Å². The fraction of sp³-hybridized carbons (Fsp3) is 0.444. The molecule has 11 heteroatoms. The fourth-order valence-corrected chi connectivity index (χ4v) is 6.52. The molecule has 2 aromatic heterocycles. The number of piperazine rings is 1. The number of carbonyl (C=O) groups is 2. The quantitative estimate of drug-likeness (QED) is 0.210. The van der Waals surface area contributed by atoms with Gasteiger partial charge in [0.25, 0.3) is 0 Å². The molecule has 248 valence electrons. The molecular weight excluding hydrogens is 590 g/mol. The summed E-state index contributed by atoms with van der Waals surface area (Å²) in [5.74, 6) is 1.50. The summed E-state index contributed by atoms with van der Waals surface area (Å²) in [6.07, 6.45) is 6.26. The van der Waals surface area contributed by atoms with Crippen LogP contribution in [0.25, 0.3) is 22.5 Å². The number of pyridine rings is 1. The standard InChI is InChI=1S/C35H43N9O2.CH4/c1-43-16-18-44(19-17-43)33-15-12-29(23-37-33)26-6-2-24(3-7-26)20-30(21-32(45)27-8-4-25(22-36)5-9-27)35(46)38-31-13-10-28(11-14-31)34-39-41-42-40-34;/h2-3,6-7,10-15,23,25,27,30H,4-5,8-9,16-22,36H2,1H3,(H,38,46)(H,39,40,41,42);1H4/t25?,27?,30-;/m1./s1. The van der Waals surface area contributed by atoms with E-state index in [1.54, 1.807) is 0 Å². The lowest BCUT2D eigenvalue weighted by atomic mass is 9.77. The zero-order valence-corrected chi connectivity index (χ0v) is 26.4. The van der Waals surface area contributed by atoms with Gasteiger partial charge in [0.15, 0.2) is 0 Å². The highest BCUT2D eigenvalue weighted by Gasteiger charge is 2.30. The number of H-pyrrole nitrogens is 1. The predicted molar refractivity (Wildman–Crippen MR) is 186 cm³/mol. The molecule has 1 amide bonds. The van der Waals surface area contributed by atoms with Gasteiger partial charge in [-0.15, -0.1) is 10.2 Å². The summed E-state index contributed by atoms with van der Waals surface area (Å²) in [6, 6.07) is 19.8. The summed E-state index contributed by atoms with van der Waals surface area (Å²) < 4.78 is 0. The Morgan fingerprint density at radius 2 is 1.60 bits per heavy atom. The fourth-order valence-electron chi connectivity index (χ4n) is 6.52. The Hall–Kier alpha value is -4.48. The van der Waals surface area contributed by atoms with E-state index in [1.165, 1.54) is 0 Å². The average Bonchev–Trinajstić information content (AvgIpc) is 3.64. The number of ketones is 1. The van der Waals surface area contributed by atoms with Crippen molar-refractivity contribution in [2.24, 2.45) is 23.5 Å². The van der Waals surface area contributed by atoms with E-state index < -0.39 is 5.92 Å². The highest BCUT2D eigenvalue weighted by molar-refractivity contribution is 5.96. The Morgan fingerprint density at radius 3 is 2.21 bits per heavy atom. The Labute approximate surface area is 277 Å². The Morgan fingerprint density at radius 1 is 0.915 bits per heavy atom. The SMILES string of the molecule is C.CN1CCN(c2ccc(-c3ccc(C[C@H](CC(=O)C4CCC(CN)CC4)C(=O)Nc4ccc(-c5nn[nH]n5)cc4)cc3)cn2)CC1. The molecule has 2 fully saturated rings. The largest absolute Gasteiger partial charge is 0.354 e. The Kier molecular flexibility index (Phi) is 11.4. The van der Waals surface area contributed by atoms with E-state index in [0.717, 1.165) is 79.9 Å². The number of nitrogens with one attached hydrogen (secondary N) is 2. The molecule has 0 unspecified atom stereocenters. The highest BCUT2D eigenvalue weighted by atomic mass is 16.2. The van der Waals surface area contributed by atoms with Crippen LogP contribution in [0.1, 0.15) is 45.1 Å². The molecule has 0 spiro atoms. The molecule has 1 saturated heterocycles. The molecule has 6 rings (SSSR count). The minimum atomic E-state index is -0.494. The maximum absolute atomic E-state index is 13.7. The van der Waals surface area contributed by atoms with Crippen molar-refractivity contribution in [3.05, 3.63) is 72.4 Å². The zero-order chi connectivity index (χ0) is 31.9. The predicted octanol–water partition coefficient (Wildman–Crippen LogP) is 4.84. The number of aromatic nitrogens is 5. The molecule has 0 radical (unpaired) electrons. The smallest absolute Gasteiger partial charge is 0.228 e. The summed E-state index contributed by atoms with van der Waals surface area (Å²) >= 11 is 0. The maximum atomic E-state index is 13.7. The zero-order valence-electron chi connectivity index (χ0n) is 26.4. The van der Waals surface area contributed by atoms with Gasteiger partial charge >= 0.3 is 0 Å². The van der Waals surface area contributed by atoms with Gasteiger partial charge in [-0.2, -0.15) is 5.21 Å². The number of nitrogens with zero attached hydrogens (tertiary/aromatic N) is 6. The van der Waals surface area contributed by atoms with Crippen LogP contribution in [-0.4, -0.2) is 82.0 Å². The van der Waals surface area contributed by atoms with E-state index in [1.807, 2.05) is 30.5 Å². The van der Waals surface area contributed by atoms with E-state index in [0.29, 0.717) is 30.4 Å². The van der Waals surface area contributed by atoms with Gasteiger partial charge in [-0.1, -0.05) is 31.7 Å². The summed E-state index contributed by atoms with van der Waals surface area (Å²) in [5.41, 5.74) is 10.4. The van der Waals surface area contributed by atoms with Crippen molar-refractivity contribution < 1.29 is 9.59 Å². The molecule has 11 nitrogen and oxygen atoms in total. The van der Waals surface area contributed by atoms with Crippen LogP contribution in [-0.2, 0) is 16.0 Å². The second kappa shape index (κ2) is 15.9. The summed E-state index contributed by atoms with van der Waals surface area (Å²) in [6.45, 7) is 4.71. The van der Waals surface area contributed by atoms with Gasteiger partial charge in [-0.3, -0.25) is 9.59 Å². The maximum Gasteiger partial charge on any atom is 0.228 e.